The number of ether oxygens (including phenoxy) is 1. The van der Waals surface area contributed by atoms with Crippen molar-refractivity contribution in [3.63, 3.8) is 0 Å². The van der Waals surface area contributed by atoms with Crippen LogP contribution in [-0.2, 0) is 11.3 Å². The Bertz CT molecular complexity index is 401. The number of hydrogen-bond acceptors (Lipinski definition) is 3. The summed E-state index contributed by atoms with van der Waals surface area (Å²) in [6.45, 7) is 7.21. The van der Waals surface area contributed by atoms with Crippen molar-refractivity contribution in [3.05, 3.63) is 33.8 Å². The van der Waals surface area contributed by atoms with Gasteiger partial charge in [0.05, 0.1) is 25.2 Å². The molecule has 1 heterocycles. The first-order valence-electron chi connectivity index (χ1n) is 6.21. The monoisotopic (exact) mass is 269 g/mol. The van der Waals surface area contributed by atoms with E-state index in [2.05, 4.69) is 19.2 Å². The molecule has 1 saturated heterocycles. The van der Waals surface area contributed by atoms with Gasteiger partial charge in [0.2, 0.25) is 0 Å². The Kier molecular flexibility index (Phi) is 4.28. The molecule has 0 aliphatic carbocycles. The van der Waals surface area contributed by atoms with Gasteiger partial charge in [0.25, 0.3) is 0 Å². The zero-order valence-electron chi connectivity index (χ0n) is 10.9. The Hall–Kier alpha value is -0.610. The van der Waals surface area contributed by atoms with Crippen LogP contribution >= 0.6 is 11.6 Å². The Morgan fingerprint density at radius 2 is 1.94 bits per heavy atom. The minimum atomic E-state index is -0.0752. The van der Waals surface area contributed by atoms with Crippen molar-refractivity contribution < 1.29 is 9.84 Å². The van der Waals surface area contributed by atoms with Crippen LogP contribution in [0.5, 0.6) is 0 Å². The van der Waals surface area contributed by atoms with E-state index in [9.17, 15) is 5.11 Å². The summed E-state index contributed by atoms with van der Waals surface area (Å²) >= 11 is 6.01. The summed E-state index contributed by atoms with van der Waals surface area (Å²) < 4.78 is 5.18. The summed E-state index contributed by atoms with van der Waals surface area (Å²) in [7, 11) is 0. The minimum Gasteiger partial charge on any atom is -0.396 e. The van der Waals surface area contributed by atoms with E-state index in [0.29, 0.717) is 13.2 Å². The molecule has 3 nitrogen and oxygen atoms in total. The fraction of sp³-hybridized carbons (Fsp3) is 0.571. The minimum absolute atomic E-state index is 0.0752. The fourth-order valence-electron chi connectivity index (χ4n) is 2.31. The number of aryl methyl sites for hydroxylation is 2. The topological polar surface area (TPSA) is 41.5 Å². The van der Waals surface area contributed by atoms with E-state index in [1.54, 1.807) is 0 Å². The summed E-state index contributed by atoms with van der Waals surface area (Å²) in [4.78, 5) is 0. The van der Waals surface area contributed by atoms with Gasteiger partial charge in [-0.05, 0) is 42.7 Å². The van der Waals surface area contributed by atoms with E-state index in [4.69, 9.17) is 16.3 Å². The molecule has 0 bridgehead atoms. The molecule has 2 N–H and O–H groups in total. The van der Waals surface area contributed by atoms with Crippen molar-refractivity contribution in [2.75, 3.05) is 26.4 Å². The van der Waals surface area contributed by atoms with Gasteiger partial charge in [-0.3, -0.25) is 0 Å². The lowest BCUT2D eigenvalue weighted by atomic mass is 9.87. The average Bonchev–Trinajstić information content (AvgIpc) is 2.25. The van der Waals surface area contributed by atoms with Crippen molar-refractivity contribution >= 4 is 11.6 Å². The van der Waals surface area contributed by atoms with E-state index < -0.39 is 0 Å². The van der Waals surface area contributed by atoms with Crippen LogP contribution in [0.4, 0.5) is 0 Å². The Balaban J connectivity index is 1.94. The SMILES string of the molecule is Cc1cc(Cl)cc(C)c1CNCC1(CO)COC1. The van der Waals surface area contributed by atoms with Gasteiger partial charge in [0.15, 0.2) is 0 Å². The molecular formula is C14H20ClNO2. The van der Waals surface area contributed by atoms with E-state index in [0.717, 1.165) is 18.1 Å². The third kappa shape index (κ3) is 2.86. The fourth-order valence-corrected chi connectivity index (χ4v) is 2.64. The maximum atomic E-state index is 9.34. The first-order chi connectivity index (χ1) is 8.56. The number of nitrogens with one attached hydrogen (secondary N) is 1. The molecule has 1 aliphatic heterocycles. The van der Waals surface area contributed by atoms with Crippen LogP contribution in [-0.4, -0.2) is 31.5 Å². The smallest absolute Gasteiger partial charge is 0.0579 e. The van der Waals surface area contributed by atoms with E-state index in [1.807, 2.05) is 12.1 Å². The molecule has 0 radical (unpaired) electrons. The number of hydrogen-bond donors (Lipinski definition) is 2. The summed E-state index contributed by atoms with van der Waals surface area (Å²) in [5.41, 5.74) is 3.62. The second kappa shape index (κ2) is 5.57. The summed E-state index contributed by atoms with van der Waals surface area (Å²) in [6.07, 6.45) is 0. The highest BCUT2D eigenvalue weighted by Gasteiger charge is 2.37. The first-order valence-corrected chi connectivity index (χ1v) is 6.59. The molecule has 100 valence electrons. The van der Waals surface area contributed by atoms with Gasteiger partial charge in [-0.2, -0.15) is 0 Å². The molecule has 0 saturated carbocycles. The van der Waals surface area contributed by atoms with Crippen molar-refractivity contribution in [2.45, 2.75) is 20.4 Å². The van der Waals surface area contributed by atoms with Gasteiger partial charge < -0.3 is 15.2 Å². The van der Waals surface area contributed by atoms with Crippen LogP contribution in [0.15, 0.2) is 12.1 Å². The Morgan fingerprint density at radius 1 is 1.33 bits per heavy atom. The molecule has 1 fully saturated rings. The zero-order valence-corrected chi connectivity index (χ0v) is 11.7. The van der Waals surface area contributed by atoms with Crippen LogP contribution in [0.25, 0.3) is 0 Å². The van der Waals surface area contributed by atoms with Crippen molar-refractivity contribution in [1.82, 2.24) is 5.32 Å². The first kappa shape index (κ1) is 13.8. The molecule has 0 unspecified atom stereocenters. The molecule has 4 heteroatoms. The van der Waals surface area contributed by atoms with Gasteiger partial charge in [-0.1, -0.05) is 11.6 Å². The van der Waals surface area contributed by atoms with Crippen molar-refractivity contribution in [3.8, 4) is 0 Å². The molecule has 0 spiro atoms. The van der Waals surface area contributed by atoms with Gasteiger partial charge in [0.1, 0.15) is 0 Å². The predicted octanol–water partition coefficient (Wildman–Crippen LogP) is 2.06. The highest BCUT2D eigenvalue weighted by atomic mass is 35.5. The lowest BCUT2D eigenvalue weighted by Gasteiger charge is -2.40. The molecule has 1 aromatic rings. The number of benzene rings is 1. The van der Waals surface area contributed by atoms with Crippen LogP contribution < -0.4 is 5.32 Å². The standard InChI is InChI=1S/C14H20ClNO2/c1-10-3-12(15)4-11(2)13(10)5-16-6-14(7-17)8-18-9-14/h3-4,16-17H,5-9H2,1-2H3. The number of aliphatic hydroxyl groups excluding tert-OH is 1. The second-order valence-electron chi connectivity index (χ2n) is 5.27. The second-order valence-corrected chi connectivity index (χ2v) is 5.71. The zero-order chi connectivity index (χ0) is 13.2. The van der Waals surface area contributed by atoms with Gasteiger partial charge in [-0.25, -0.2) is 0 Å². The van der Waals surface area contributed by atoms with Crippen molar-refractivity contribution in [2.24, 2.45) is 5.41 Å². The molecule has 1 aromatic carbocycles. The molecule has 0 atom stereocenters. The predicted molar refractivity (Wildman–Crippen MR) is 73.0 cm³/mol. The molecule has 1 aliphatic rings. The molecule has 0 amide bonds. The number of aliphatic hydroxyl groups is 1. The van der Waals surface area contributed by atoms with Crippen molar-refractivity contribution in [1.29, 1.82) is 0 Å². The Morgan fingerprint density at radius 3 is 2.39 bits per heavy atom. The van der Waals surface area contributed by atoms with E-state index >= 15 is 0 Å². The number of rotatable bonds is 5. The van der Waals surface area contributed by atoms with Gasteiger partial charge in [-0.15, -0.1) is 0 Å². The highest BCUT2D eigenvalue weighted by molar-refractivity contribution is 6.30. The van der Waals surface area contributed by atoms with Crippen LogP contribution in [0, 0.1) is 19.3 Å². The lowest BCUT2D eigenvalue weighted by molar-refractivity contribution is -0.134. The average molecular weight is 270 g/mol. The third-order valence-electron chi connectivity index (χ3n) is 3.61. The van der Waals surface area contributed by atoms with E-state index in [1.165, 1.54) is 16.7 Å². The molecule has 2 rings (SSSR count). The normalized spacial score (nSPS) is 17.6. The van der Waals surface area contributed by atoms with E-state index in [-0.39, 0.29) is 12.0 Å². The van der Waals surface area contributed by atoms with Crippen LogP contribution in [0.3, 0.4) is 0 Å². The third-order valence-corrected chi connectivity index (χ3v) is 3.83. The summed E-state index contributed by atoms with van der Waals surface area (Å²) in [5.74, 6) is 0. The van der Waals surface area contributed by atoms with Crippen LogP contribution in [0.2, 0.25) is 5.02 Å². The molecular weight excluding hydrogens is 250 g/mol. The summed E-state index contributed by atoms with van der Waals surface area (Å²) in [6, 6.07) is 3.97. The largest absolute Gasteiger partial charge is 0.396 e. The quantitative estimate of drug-likeness (QED) is 0.860. The maximum absolute atomic E-state index is 9.34. The molecule has 18 heavy (non-hydrogen) atoms. The van der Waals surface area contributed by atoms with Gasteiger partial charge >= 0.3 is 0 Å². The Labute approximate surface area is 113 Å². The molecule has 0 aromatic heterocycles. The lowest BCUT2D eigenvalue weighted by Crippen LogP contribution is -2.52. The number of halogens is 1. The maximum Gasteiger partial charge on any atom is 0.0579 e. The summed E-state index contributed by atoms with van der Waals surface area (Å²) in [5, 5.41) is 13.5. The van der Waals surface area contributed by atoms with Gasteiger partial charge in [0, 0.05) is 18.1 Å². The van der Waals surface area contributed by atoms with Crippen LogP contribution in [0.1, 0.15) is 16.7 Å². The highest BCUT2D eigenvalue weighted by Crippen LogP contribution is 2.26.